The largest absolute Gasteiger partial charge is 0.393 e. The van der Waals surface area contributed by atoms with Crippen molar-refractivity contribution in [3.63, 3.8) is 0 Å². The number of hydrogen-bond donors (Lipinski definition) is 1. The zero-order valence-electron chi connectivity index (χ0n) is 12.4. The average molecular weight is 295 g/mol. The summed E-state index contributed by atoms with van der Waals surface area (Å²) in [5.41, 5.74) is 0.295. The molecule has 116 valence electrons. The van der Waals surface area contributed by atoms with Crippen molar-refractivity contribution in [1.82, 2.24) is 9.47 Å². The van der Waals surface area contributed by atoms with Gasteiger partial charge in [0.15, 0.2) is 0 Å². The summed E-state index contributed by atoms with van der Waals surface area (Å²) in [5.74, 6) is -0.178. The second-order valence-corrected chi connectivity index (χ2v) is 5.62. The Morgan fingerprint density at radius 3 is 2.86 bits per heavy atom. The topological polar surface area (TPSA) is 88.6 Å². The Bertz CT molecular complexity index is 540. The molecular weight excluding hydrogens is 274 g/mol. The summed E-state index contributed by atoms with van der Waals surface area (Å²) in [6.45, 7) is 5.39. The van der Waals surface area contributed by atoms with Gasteiger partial charge in [0.25, 0.3) is 11.6 Å². The molecule has 1 fully saturated rings. The highest BCUT2D eigenvalue weighted by atomic mass is 16.6. The molecule has 7 heteroatoms. The number of nitro groups is 1. The monoisotopic (exact) mass is 295 g/mol. The third-order valence-electron chi connectivity index (χ3n) is 3.92. The maximum atomic E-state index is 12.6. The number of aryl methyl sites for hydroxylation is 1. The van der Waals surface area contributed by atoms with Gasteiger partial charge in [0.1, 0.15) is 5.69 Å². The summed E-state index contributed by atoms with van der Waals surface area (Å²) in [6.07, 6.45) is 2.37. The van der Waals surface area contributed by atoms with Crippen LogP contribution in [0.2, 0.25) is 0 Å². The van der Waals surface area contributed by atoms with Gasteiger partial charge in [0.05, 0.1) is 17.2 Å². The van der Waals surface area contributed by atoms with Gasteiger partial charge in [-0.15, -0.1) is 0 Å². The maximum Gasteiger partial charge on any atom is 0.287 e. The molecule has 7 nitrogen and oxygen atoms in total. The number of aromatic nitrogens is 1. The molecule has 1 aliphatic rings. The van der Waals surface area contributed by atoms with E-state index in [4.69, 9.17) is 0 Å². The van der Waals surface area contributed by atoms with Crippen LogP contribution in [0.4, 0.5) is 5.69 Å². The number of carbonyl (C=O) groups is 1. The molecule has 1 aromatic rings. The van der Waals surface area contributed by atoms with Gasteiger partial charge in [-0.2, -0.15) is 0 Å². The first-order chi connectivity index (χ1) is 9.93. The molecule has 0 spiro atoms. The van der Waals surface area contributed by atoms with E-state index < -0.39 is 4.92 Å². The molecule has 0 aliphatic carbocycles. The summed E-state index contributed by atoms with van der Waals surface area (Å²) in [4.78, 5) is 24.7. The first-order valence-corrected chi connectivity index (χ1v) is 7.26. The number of piperidine rings is 1. The van der Waals surface area contributed by atoms with Crippen LogP contribution in [0.3, 0.4) is 0 Å². The lowest BCUT2D eigenvalue weighted by molar-refractivity contribution is -0.384. The SMILES string of the molecule is CCCn1cc([N+](=O)[O-])cc1C(=O)N1CCC(O)C(C)C1. The van der Waals surface area contributed by atoms with Crippen LogP contribution in [0, 0.1) is 16.0 Å². The molecule has 2 unspecified atom stereocenters. The second-order valence-electron chi connectivity index (χ2n) is 5.62. The smallest absolute Gasteiger partial charge is 0.287 e. The summed E-state index contributed by atoms with van der Waals surface area (Å²) >= 11 is 0. The van der Waals surface area contributed by atoms with Crippen molar-refractivity contribution < 1.29 is 14.8 Å². The number of aliphatic hydroxyl groups excluding tert-OH is 1. The van der Waals surface area contributed by atoms with Crippen LogP contribution in [-0.2, 0) is 6.54 Å². The Morgan fingerprint density at radius 1 is 1.57 bits per heavy atom. The van der Waals surface area contributed by atoms with E-state index in [1.54, 1.807) is 9.47 Å². The van der Waals surface area contributed by atoms with Crippen molar-refractivity contribution in [3.8, 4) is 0 Å². The number of nitrogens with zero attached hydrogens (tertiary/aromatic N) is 3. The minimum absolute atomic E-state index is 0.0206. The summed E-state index contributed by atoms with van der Waals surface area (Å²) < 4.78 is 1.65. The van der Waals surface area contributed by atoms with E-state index in [9.17, 15) is 20.0 Å². The molecule has 1 saturated heterocycles. The van der Waals surface area contributed by atoms with Crippen molar-refractivity contribution in [1.29, 1.82) is 0 Å². The minimum atomic E-state index is -0.481. The molecular formula is C14H21N3O4. The van der Waals surface area contributed by atoms with E-state index in [0.717, 1.165) is 6.42 Å². The van der Waals surface area contributed by atoms with E-state index in [2.05, 4.69) is 0 Å². The molecule has 1 N–H and O–H groups in total. The Balaban J connectivity index is 2.23. The summed E-state index contributed by atoms with van der Waals surface area (Å²) in [5, 5.41) is 20.6. The van der Waals surface area contributed by atoms with Gasteiger partial charge in [-0.3, -0.25) is 14.9 Å². The van der Waals surface area contributed by atoms with Gasteiger partial charge in [0.2, 0.25) is 0 Å². The number of likely N-dealkylation sites (tertiary alicyclic amines) is 1. The highest BCUT2D eigenvalue weighted by Gasteiger charge is 2.30. The van der Waals surface area contributed by atoms with Crippen LogP contribution in [0.5, 0.6) is 0 Å². The molecule has 0 radical (unpaired) electrons. The molecule has 21 heavy (non-hydrogen) atoms. The molecule has 2 rings (SSSR count). The van der Waals surface area contributed by atoms with E-state index >= 15 is 0 Å². The standard InChI is InChI=1S/C14H21N3O4/c1-3-5-15-9-11(17(20)21)7-12(15)14(19)16-6-4-13(18)10(2)8-16/h7,9-10,13,18H,3-6,8H2,1-2H3. The van der Waals surface area contributed by atoms with Crippen molar-refractivity contribution in [3.05, 3.63) is 28.1 Å². The van der Waals surface area contributed by atoms with Gasteiger partial charge in [-0.25, -0.2) is 0 Å². The van der Waals surface area contributed by atoms with Crippen molar-refractivity contribution in [2.24, 2.45) is 5.92 Å². The molecule has 2 atom stereocenters. The molecule has 0 aromatic carbocycles. The van der Waals surface area contributed by atoms with Gasteiger partial charge in [-0.05, 0) is 18.8 Å². The second kappa shape index (κ2) is 6.26. The van der Waals surface area contributed by atoms with Crippen LogP contribution >= 0.6 is 0 Å². The van der Waals surface area contributed by atoms with Crippen LogP contribution in [0.15, 0.2) is 12.3 Å². The normalized spacial score (nSPS) is 22.3. The predicted octanol–water partition coefficient (Wildman–Crippen LogP) is 1.65. The fourth-order valence-electron chi connectivity index (χ4n) is 2.68. The van der Waals surface area contributed by atoms with Crippen molar-refractivity contribution in [2.45, 2.75) is 39.3 Å². The van der Waals surface area contributed by atoms with Crippen LogP contribution in [0.25, 0.3) is 0 Å². The quantitative estimate of drug-likeness (QED) is 0.675. The molecule has 1 amide bonds. The summed E-state index contributed by atoms with van der Waals surface area (Å²) in [7, 11) is 0. The fourth-order valence-corrected chi connectivity index (χ4v) is 2.68. The summed E-state index contributed by atoms with van der Waals surface area (Å²) in [6, 6.07) is 1.34. The Morgan fingerprint density at radius 2 is 2.29 bits per heavy atom. The third-order valence-corrected chi connectivity index (χ3v) is 3.92. The fraction of sp³-hybridized carbons (Fsp3) is 0.643. The highest BCUT2D eigenvalue weighted by molar-refractivity contribution is 5.93. The van der Waals surface area contributed by atoms with E-state index in [1.165, 1.54) is 12.3 Å². The number of carbonyl (C=O) groups excluding carboxylic acids is 1. The first kappa shape index (κ1) is 15.5. The predicted molar refractivity (Wildman–Crippen MR) is 77.1 cm³/mol. The van der Waals surface area contributed by atoms with Crippen molar-refractivity contribution in [2.75, 3.05) is 13.1 Å². The Kier molecular flexibility index (Phi) is 4.62. The van der Waals surface area contributed by atoms with Crippen molar-refractivity contribution >= 4 is 11.6 Å². The molecule has 1 aromatic heterocycles. The lowest BCUT2D eigenvalue weighted by Gasteiger charge is -2.34. The van der Waals surface area contributed by atoms with Crippen LogP contribution in [-0.4, -0.2) is 44.6 Å². The Labute approximate surface area is 123 Å². The zero-order valence-corrected chi connectivity index (χ0v) is 12.4. The van der Waals surface area contributed by atoms with Gasteiger partial charge in [-0.1, -0.05) is 13.8 Å². The zero-order chi connectivity index (χ0) is 15.6. The van der Waals surface area contributed by atoms with Gasteiger partial charge in [0, 0.05) is 25.7 Å². The molecule has 1 aliphatic heterocycles. The number of amides is 1. The van der Waals surface area contributed by atoms with E-state index in [-0.39, 0.29) is 23.6 Å². The average Bonchev–Trinajstić information content (AvgIpc) is 2.86. The number of hydrogen-bond acceptors (Lipinski definition) is 4. The lowest BCUT2D eigenvalue weighted by atomic mass is 9.96. The molecule has 2 heterocycles. The van der Waals surface area contributed by atoms with Gasteiger partial charge < -0.3 is 14.6 Å². The van der Waals surface area contributed by atoms with Gasteiger partial charge >= 0.3 is 0 Å². The van der Waals surface area contributed by atoms with E-state index in [1.807, 2.05) is 13.8 Å². The highest BCUT2D eigenvalue weighted by Crippen LogP contribution is 2.22. The minimum Gasteiger partial charge on any atom is -0.393 e. The number of aliphatic hydroxyl groups is 1. The lowest BCUT2D eigenvalue weighted by Crippen LogP contribution is -2.45. The molecule has 0 bridgehead atoms. The first-order valence-electron chi connectivity index (χ1n) is 7.26. The van der Waals surface area contributed by atoms with Crippen LogP contribution in [0.1, 0.15) is 37.2 Å². The number of rotatable bonds is 4. The van der Waals surface area contributed by atoms with Crippen LogP contribution < -0.4 is 0 Å². The van der Waals surface area contributed by atoms with E-state index in [0.29, 0.717) is 31.7 Å². The Hall–Kier alpha value is -1.89. The maximum absolute atomic E-state index is 12.6. The molecule has 0 saturated carbocycles. The third kappa shape index (κ3) is 3.24.